The van der Waals surface area contributed by atoms with Gasteiger partial charge in [0.05, 0.1) is 22.2 Å². The summed E-state index contributed by atoms with van der Waals surface area (Å²) < 4.78 is 11.0. The summed E-state index contributed by atoms with van der Waals surface area (Å²) in [6, 6.07) is 38.5. The van der Waals surface area contributed by atoms with Gasteiger partial charge in [-0.2, -0.15) is 0 Å². The van der Waals surface area contributed by atoms with Crippen molar-refractivity contribution >= 4 is 32.8 Å². The number of rotatable bonds is 3. The molecule has 4 heteroatoms. The van der Waals surface area contributed by atoms with E-state index in [9.17, 15) is 0 Å². The normalized spacial score (nSPS) is 12.2. The molecule has 0 amide bonds. The van der Waals surface area contributed by atoms with E-state index >= 15 is 0 Å². The summed E-state index contributed by atoms with van der Waals surface area (Å²) in [6.07, 6.45) is 0.852. The van der Waals surface area contributed by atoms with E-state index in [2.05, 4.69) is 107 Å². The lowest BCUT2D eigenvalue weighted by Gasteiger charge is -2.21. The van der Waals surface area contributed by atoms with Crippen LogP contribution in [-0.2, 0) is 6.42 Å². The van der Waals surface area contributed by atoms with Gasteiger partial charge in [-0.25, -0.2) is 4.98 Å². The fourth-order valence-electron chi connectivity index (χ4n) is 5.81. The van der Waals surface area contributed by atoms with Crippen LogP contribution in [0, 0.1) is 0 Å². The maximum absolute atomic E-state index is 6.38. The maximum atomic E-state index is 6.38. The number of nitrogens with zero attached hydrogens (tertiary/aromatic N) is 3. The Morgan fingerprint density at radius 3 is 2.05 bits per heavy atom. The molecule has 8 rings (SSSR count). The fraction of sp³-hybridized carbons (Fsp3) is 0.0606. The Hall–Kier alpha value is -4.83. The maximum Gasteiger partial charge on any atom is 0.154 e. The molecule has 0 spiro atoms. The van der Waals surface area contributed by atoms with Crippen LogP contribution in [0.15, 0.2) is 109 Å². The summed E-state index contributed by atoms with van der Waals surface area (Å²) in [5.41, 5.74) is 8.87. The van der Waals surface area contributed by atoms with Gasteiger partial charge in [0, 0.05) is 22.9 Å². The molecule has 1 aliphatic heterocycles. The monoisotopic (exact) mass is 477 g/mol. The minimum absolute atomic E-state index is 0.852. The summed E-state index contributed by atoms with van der Waals surface area (Å²) in [5, 5.41) is 2.54. The minimum atomic E-state index is 0.852. The van der Waals surface area contributed by atoms with Crippen molar-refractivity contribution in [2.45, 2.75) is 13.3 Å². The zero-order valence-corrected chi connectivity index (χ0v) is 20.3. The van der Waals surface area contributed by atoms with Crippen LogP contribution in [0.3, 0.4) is 0 Å². The number of para-hydroxylation sites is 4. The van der Waals surface area contributed by atoms with Crippen LogP contribution in [0.25, 0.3) is 55.3 Å². The number of hydrogen-bond acceptors (Lipinski definition) is 2. The third-order valence-electron chi connectivity index (χ3n) is 7.47. The quantitative estimate of drug-likeness (QED) is 0.256. The van der Waals surface area contributed by atoms with Crippen molar-refractivity contribution in [1.29, 1.82) is 0 Å². The van der Waals surface area contributed by atoms with Gasteiger partial charge >= 0.3 is 0 Å². The van der Waals surface area contributed by atoms with Gasteiger partial charge in [0.15, 0.2) is 11.5 Å². The second-order valence-corrected chi connectivity index (χ2v) is 9.55. The topological polar surface area (TPSA) is 32.0 Å². The van der Waals surface area contributed by atoms with E-state index < -0.39 is 0 Å². The van der Waals surface area contributed by atoms with Crippen molar-refractivity contribution in [2.24, 2.45) is 0 Å². The SMILES string of the molecule is CCc1nc2cc(-c3ccc(-n4c5ccccc5c5ccccc54)cc3)cc3c2n1-c1ccccc1O3. The lowest BCUT2D eigenvalue weighted by Crippen LogP contribution is -2.07. The Morgan fingerprint density at radius 2 is 1.32 bits per heavy atom. The molecule has 37 heavy (non-hydrogen) atoms. The summed E-state index contributed by atoms with van der Waals surface area (Å²) in [4.78, 5) is 4.99. The van der Waals surface area contributed by atoms with Crippen LogP contribution < -0.4 is 4.74 Å². The van der Waals surface area contributed by atoms with Gasteiger partial charge in [-0.3, -0.25) is 4.57 Å². The molecule has 176 valence electrons. The lowest BCUT2D eigenvalue weighted by molar-refractivity contribution is 0.474. The Balaban J connectivity index is 1.28. The first-order chi connectivity index (χ1) is 18.3. The van der Waals surface area contributed by atoms with E-state index in [0.29, 0.717) is 0 Å². The first-order valence-corrected chi connectivity index (χ1v) is 12.7. The van der Waals surface area contributed by atoms with Gasteiger partial charge in [-0.15, -0.1) is 0 Å². The highest BCUT2D eigenvalue weighted by Gasteiger charge is 2.24. The van der Waals surface area contributed by atoms with Gasteiger partial charge in [0.25, 0.3) is 0 Å². The fourth-order valence-corrected chi connectivity index (χ4v) is 5.81. The molecule has 0 N–H and O–H groups in total. The molecular formula is C33H23N3O. The van der Waals surface area contributed by atoms with Crippen LogP contribution in [-0.4, -0.2) is 14.1 Å². The van der Waals surface area contributed by atoms with Gasteiger partial charge in [-0.1, -0.05) is 67.6 Å². The molecule has 0 atom stereocenters. The van der Waals surface area contributed by atoms with Crippen LogP contribution in [0.5, 0.6) is 11.5 Å². The number of ether oxygens (including phenoxy) is 1. The van der Waals surface area contributed by atoms with E-state index in [0.717, 1.165) is 57.3 Å². The number of hydrogen-bond donors (Lipinski definition) is 0. The molecule has 7 aromatic rings. The third kappa shape index (κ3) is 2.87. The predicted octanol–water partition coefficient (Wildman–Crippen LogP) is 8.46. The van der Waals surface area contributed by atoms with Crippen molar-refractivity contribution in [2.75, 3.05) is 0 Å². The average molecular weight is 478 g/mol. The number of aryl methyl sites for hydroxylation is 1. The second kappa shape index (κ2) is 7.58. The zero-order valence-electron chi connectivity index (χ0n) is 20.3. The van der Waals surface area contributed by atoms with Crippen molar-refractivity contribution in [3.8, 4) is 34.0 Å². The van der Waals surface area contributed by atoms with Crippen molar-refractivity contribution in [3.63, 3.8) is 0 Å². The summed E-state index contributed by atoms with van der Waals surface area (Å²) in [6.45, 7) is 2.15. The number of imidazole rings is 1. The molecular weight excluding hydrogens is 454 g/mol. The molecule has 0 bridgehead atoms. The van der Waals surface area contributed by atoms with Crippen molar-refractivity contribution in [3.05, 3.63) is 115 Å². The predicted molar refractivity (Wildman–Crippen MR) is 150 cm³/mol. The Kier molecular flexibility index (Phi) is 4.17. The smallest absolute Gasteiger partial charge is 0.154 e. The van der Waals surface area contributed by atoms with Gasteiger partial charge < -0.3 is 9.30 Å². The molecule has 2 aromatic heterocycles. The van der Waals surface area contributed by atoms with Crippen molar-refractivity contribution in [1.82, 2.24) is 14.1 Å². The van der Waals surface area contributed by atoms with E-state index in [1.165, 1.54) is 21.8 Å². The van der Waals surface area contributed by atoms with E-state index in [4.69, 9.17) is 9.72 Å². The molecule has 0 aliphatic carbocycles. The molecule has 0 saturated carbocycles. The van der Waals surface area contributed by atoms with Gasteiger partial charge in [0.1, 0.15) is 11.3 Å². The van der Waals surface area contributed by atoms with Crippen LogP contribution in [0.4, 0.5) is 0 Å². The average Bonchev–Trinajstić information content (AvgIpc) is 3.50. The molecule has 1 aliphatic rings. The van der Waals surface area contributed by atoms with E-state index in [-0.39, 0.29) is 0 Å². The molecule has 5 aromatic carbocycles. The van der Waals surface area contributed by atoms with E-state index in [1.54, 1.807) is 0 Å². The van der Waals surface area contributed by atoms with Gasteiger partial charge in [0.2, 0.25) is 0 Å². The molecule has 0 unspecified atom stereocenters. The van der Waals surface area contributed by atoms with Crippen LogP contribution in [0.2, 0.25) is 0 Å². The summed E-state index contributed by atoms with van der Waals surface area (Å²) in [5.74, 6) is 2.76. The number of fused-ring (bicyclic) bond motifs is 5. The van der Waals surface area contributed by atoms with E-state index in [1.807, 2.05) is 18.2 Å². The zero-order chi connectivity index (χ0) is 24.5. The molecule has 0 fully saturated rings. The van der Waals surface area contributed by atoms with Crippen LogP contribution in [0.1, 0.15) is 12.7 Å². The molecule has 0 saturated heterocycles. The lowest BCUT2D eigenvalue weighted by atomic mass is 10.0. The number of benzene rings is 5. The first kappa shape index (κ1) is 20.4. The minimum Gasteiger partial charge on any atom is -0.453 e. The Labute approximate surface area is 214 Å². The summed E-state index contributed by atoms with van der Waals surface area (Å²) in [7, 11) is 0. The summed E-state index contributed by atoms with van der Waals surface area (Å²) >= 11 is 0. The van der Waals surface area contributed by atoms with Crippen LogP contribution >= 0.6 is 0 Å². The first-order valence-electron chi connectivity index (χ1n) is 12.7. The molecule has 3 heterocycles. The molecule has 0 radical (unpaired) electrons. The highest BCUT2D eigenvalue weighted by atomic mass is 16.5. The number of aromatic nitrogens is 3. The second-order valence-electron chi connectivity index (χ2n) is 9.55. The largest absolute Gasteiger partial charge is 0.453 e. The van der Waals surface area contributed by atoms with Gasteiger partial charge in [-0.05, 0) is 59.7 Å². The highest BCUT2D eigenvalue weighted by Crippen LogP contribution is 2.43. The highest BCUT2D eigenvalue weighted by molar-refractivity contribution is 6.09. The Bertz CT molecular complexity index is 1940. The molecule has 4 nitrogen and oxygen atoms in total. The standard InChI is InChI=1S/C33H23N3O/c1-2-32-34-26-19-22(20-31-33(26)36(32)29-13-7-8-14-30(29)37-31)21-15-17-23(18-16-21)35-27-11-5-3-9-24(27)25-10-4-6-12-28(25)35/h3-20H,2H2,1H3. The van der Waals surface area contributed by atoms with Crippen molar-refractivity contribution < 1.29 is 4.74 Å². The Morgan fingerprint density at radius 1 is 0.649 bits per heavy atom. The third-order valence-corrected chi connectivity index (χ3v) is 7.47.